The van der Waals surface area contributed by atoms with E-state index in [4.69, 9.17) is 18.6 Å². The Morgan fingerprint density at radius 3 is 2.60 bits per heavy atom. The Morgan fingerprint density at radius 2 is 1.89 bits per heavy atom. The summed E-state index contributed by atoms with van der Waals surface area (Å²) >= 11 is 0. The van der Waals surface area contributed by atoms with Gasteiger partial charge in [-0.1, -0.05) is 6.58 Å². The number of ether oxygens (including phenoxy) is 3. The van der Waals surface area contributed by atoms with Crippen molar-refractivity contribution in [3.05, 3.63) is 60.5 Å². The predicted octanol–water partition coefficient (Wildman–Crippen LogP) is 4.88. The Morgan fingerprint density at radius 1 is 1.09 bits per heavy atom. The van der Waals surface area contributed by atoms with Crippen LogP contribution in [0, 0.1) is 6.92 Å². The first-order chi connectivity index (χ1) is 16.9. The fourth-order valence-corrected chi connectivity index (χ4v) is 3.46. The monoisotopic (exact) mass is 481 g/mol. The molecule has 9 nitrogen and oxygen atoms in total. The van der Waals surface area contributed by atoms with Crippen molar-refractivity contribution in [3.8, 4) is 5.75 Å². The van der Waals surface area contributed by atoms with Crippen molar-refractivity contribution in [1.29, 1.82) is 0 Å². The number of rotatable bonds is 12. The third-order valence-corrected chi connectivity index (χ3v) is 5.29. The molecule has 0 aliphatic carbocycles. The summed E-state index contributed by atoms with van der Waals surface area (Å²) in [5.74, 6) is 0.514. The highest BCUT2D eigenvalue weighted by Crippen LogP contribution is 2.24. The van der Waals surface area contributed by atoms with E-state index in [0.717, 1.165) is 30.4 Å². The van der Waals surface area contributed by atoms with Gasteiger partial charge in [-0.05, 0) is 56.7 Å². The fraction of sp³-hybridized carbons (Fsp3) is 0.346. The first kappa shape index (κ1) is 25.6. The normalized spacial score (nSPS) is 10.6. The second-order valence-electron chi connectivity index (χ2n) is 7.64. The van der Waals surface area contributed by atoms with Crippen LogP contribution in [0.3, 0.4) is 0 Å². The van der Waals surface area contributed by atoms with Crippen molar-refractivity contribution in [2.75, 3.05) is 43.1 Å². The molecule has 9 heteroatoms. The van der Waals surface area contributed by atoms with Crippen LogP contribution in [-0.2, 0) is 20.7 Å². The Hall–Kier alpha value is -4.01. The zero-order valence-electron chi connectivity index (χ0n) is 20.3. The minimum atomic E-state index is -0.535. The zero-order valence-corrected chi connectivity index (χ0v) is 20.3. The summed E-state index contributed by atoms with van der Waals surface area (Å²) in [6.45, 7) is 11.8. The second kappa shape index (κ2) is 12.5. The summed E-state index contributed by atoms with van der Waals surface area (Å²) in [7, 11) is 0. The Bertz CT molecular complexity index is 1170. The van der Waals surface area contributed by atoms with Gasteiger partial charge in [0.25, 0.3) is 0 Å². The Labute approximate surface area is 204 Å². The SMILES string of the molecule is C=CC(=O)OCCOc1ccc2nc(CCOC(=O)Nc3ccc(N(CC)CC)cc3C)oc2c1. The molecule has 0 fully saturated rings. The third-order valence-electron chi connectivity index (χ3n) is 5.29. The Kier molecular flexibility index (Phi) is 9.11. The highest BCUT2D eigenvalue weighted by molar-refractivity contribution is 5.86. The van der Waals surface area contributed by atoms with Gasteiger partial charge < -0.3 is 23.5 Å². The lowest BCUT2D eigenvalue weighted by atomic mass is 10.1. The molecule has 0 bridgehead atoms. The van der Waals surface area contributed by atoms with Gasteiger partial charge in [0, 0.05) is 36.6 Å². The Balaban J connectivity index is 1.47. The van der Waals surface area contributed by atoms with Crippen LogP contribution in [-0.4, -0.2) is 50.0 Å². The molecule has 35 heavy (non-hydrogen) atoms. The number of hydrogen-bond acceptors (Lipinski definition) is 8. The van der Waals surface area contributed by atoms with Crippen LogP contribution in [0.5, 0.6) is 5.75 Å². The topological polar surface area (TPSA) is 103 Å². The molecule has 3 rings (SSSR count). The van der Waals surface area contributed by atoms with Gasteiger partial charge in [-0.25, -0.2) is 14.6 Å². The molecule has 0 aliphatic heterocycles. The summed E-state index contributed by atoms with van der Waals surface area (Å²) in [4.78, 5) is 29.9. The van der Waals surface area contributed by atoms with Crippen molar-refractivity contribution >= 4 is 34.5 Å². The molecule has 0 radical (unpaired) electrons. The fourth-order valence-electron chi connectivity index (χ4n) is 3.46. The molecule has 0 aliphatic rings. The summed E-state index contributed by atoms with van der Waals surface area (Å²) in [6, 6.07) is 11.1. The maximum atomic E-state index is 12.2. The van der Waals surface area contributed by atoms with Gasteiger partial charge in [-0.2, -0.15) is 0 Å². The summed E-state index contributed by atoms with van der Waals surface area (Å²) in [6.07, 6.45) is 0.893. The molecule has 0 saturated heterocycles. The summed E-state index contributed by atoms with van der Waals surface area (Å²) in [5, 5.41) is 2.78. The van der Waals surface area contributed by atoms with Crippen LogP contribution in [0.25, 0.3) is 11.1 Å². The van der Waals surface area contributed by atoms with E-state index < -0.39 is 12.1 Å². The van der Waals surface area contributed by atoms with Gasteiger partial charge in [0.05, 0.1) is 6.42 Å². The molecular weight excluding hydrogens is 450 g/mol. The van der Waals surface area contributed by atoms with Gasteiger partial charge in [0.1, 0.15) is 31.1 Å². The number of esters is 1. The predicted molar refractivity (Wildman–Crippen MR) is 134 cm³/mol. The van der Waals surface area contributed by atoms with E-state index in [0.29, 0.717) is 34.8 Å². The number of aryl methyl sites for hydroxylation is 1. The van der Waals surface area contributed by atoms with Crippen LogP contribution in [0.15, 0.2) is 53.5 Å². The molecule has 0 spiro atoms. The average Bonchev–Trinajstić information content (AvgIpc) is 3.26. The lowest BCUT2D eigenvalue weighted by Gasteiger charge is -2.22. The van der Waals surface area contributed by atoms with E-state index in [-0.39, 0.29) is 19.8 Å². The number of aromatic nitrogens is 1. The number of nitrogens with zero attached hydrogens (tertiary/aromatic N) is 2. The van der Waals surface area contributed by atoms with Crippen molar-refractivity contribution < 1.29 is 28.2 Å². The number of fused-ring (bicyclic) bond motifs is 1. The molecular formula is C26H31N3O6. The quantitative estimate of drug-likeness (QED) is 0.222. The third kappa shape index (κ3) is 7.23. The van der Waals surface area contributed by atoms with Crippen LogP contribution >= 0.6 is 0 Å². The number of hydrogen-bond donors (Lipinski definition) is 1. The number of carbonyl (C=O) groups excluding carboxylic acids is 2. The zero-order chi connectivity index (χ0) is 25.2. The smallest absolute Gasteiger partial charge is 0.411 e. The summed E-state index contributed by atoms with van der Waals surface area (Å²) in [5.41, 5.74) is 4.00. The molecule has 0 saturated carbocycles. The van der Waals surface area contributed by atoms with Crippen LogP contribution in [0.4, 0.5) is 16.2 Å². The minimum absolute atomic E-state index is 0.115. The van der Waals surface area contributed by atoms with Gasteiger partial charge in [0.15, 0.2) is 11.5 Å². The average molecular weight is 482 g/mol. The van der Waals surface area contributed by atoms with E-state index in [1.807, 2.05) is 25.1 Å². The van der Waals surface area contributed by atoms with Gasteiger partial charge in [-0.15, -0.1) is 0 Å². The molecule has 3 aromatic rings. The molecule has 1 N–H and O–H groups in total. The van der Waals surface area contributed by atoms with E-state index in [2.05, 4.69) is 35.6 Å². The molecule has 0 atom stereocenters. The number of anilines is 2. The molecule has 1 amide bonds. The van der Waals surface area contributed by atoms with Crippen LogP contribution < -0.4 is 15.0 Å². The van der Waals surface area contributed by atoms with E-state index in [9.17, 15) is 9.59 Å². The second-order valence-corrected chi connectivity index (χ2v) is 7.64. The first-order valence-electron chi connectivity index (χ1n) is 11.5. The highest BCUT2D eigenvalue weighted by atomic mass is 16.6. The lowest BCUT2D eigenvalue weighted by molar-refractivity contribution is -0.138. The molecule has 1 aromatic heterocycles. The van der Waals surface area contributed by atoms with E-state index in [1.165, 1.54) is 0 Å². The maximum Gasteiger partial charge on any atom is 0.411 e. The molecule has 2 aromatic carbocycles. The lowest BCUT2D eigenvalue weighted by Crippen LogP contribution is -2.22. The standard InChI is InChI=1S/C26H31N3O6/c1-5-25(30)33-15-14-32-20-9-11-22-23(17-20)35-24(27-22)12-13-34-26(31)28-21-10-8-19(16-18(21)4)29(6-2)7-3/h5,8-11,16-17H,1,6-7,12-15H2,2-4H3,(H,28,31). The number of carbonyl (C=O) groups is 2. The van der Waals surface area contributed by atoms with Crippen molar-refractivity contribution in [3.63, 3.8) is 0 Å². The number of nitrogens with one attached hydrogen (secondary N) is 1. The largest absolute Gasteiger partial charge is 0.490 e. The van der Waals surface area contributed by atoms with Crippen molar-refractivity contribution in [2.45, 2.75) is 27.2 Å². The van der Waals surface area contributed by atoms with Gasteiger partial charge >= 0.3 is 12.1 Å². The summed E-state index contributed by atoms with van der Waals surface area (Å²) < 4.78 is 21.5. The van der Waals surface area contributed by atoms with E-state index in [1.54, 1.807) is 18.2 Å². The first-order valence-corrected chi connectivity index (χ1v) is 11.5. The van der Waals surface area contributed by atoms with Gasteiger partial charge in [-0.3, -0.25) is 5.32 Å². The molecule has 0 unspecified atom stereocenters. The molecule has 186 valence electrons. The van der Waals surface area contributed by atoms with Crippen LogP contribution in [0.2, 0.25) is 0 Å². The number of amides is 1. The van der Waals surface area contributed by atoms with E-state index >= 15 is 0 Å². The van der Waals surface area contributed by atoms with Crippen LogP contribution in [0.1, 0.15) is 25.3 Å². The maximum absolute atomic E-state index is 12.2. The number of oxazole rings is 1. The van der Waals surface area contributed by atoms with Crippen molar-refractivity contribution in [1.82, 2.24) is 4.98 Å². The van der Waals surface area contributed by atoms with Gasteiger partial charge in [0.2, 0.25) is 0 Å². The minimum Gasteiger partial charge on any atom is -0.490 e. The van der Waals surface area contributed by atoms with Crippen molar-refractivity contribution in [2.24, 2.45) is 0 Å². The molecule has 1 heterocycles. The number of benzene rings is 2. The highest BCUT2D eigenvalue weighted by Gasteiger charge is 2.11.